The summed E-state index contributed by atoms with van der Waals surface area (Å²) in [6.07, 6.45) is 0. The van der Waals surface area contributed by atoms with E-state index < -0.39 is 10.2 Å². The molecule has 0 aliphatic carbocycles. The van der Waals surface area contributed by atoms with E-state index in [1.165, 1.54) is 27.3 Å². The normalized spacial score (nSPS) is 11.6. The van der Waals surface area contributed by atoms with Crippen LogP contribution in [0.3, 0.4) is 0 Å². The van der Waals surface area contributed by atoms with Crippen molar-refractivity contribution in [1.29, 1.82) is 0 Å². The molecule has 0 radical (unpaired) electrons. The second-order valence-electron chi connectivity index (χ2n) is 3.24. The molecule has 5 nitrogen and oxygen atoms in total. The number of halogens is 1. The van der Waals surface area contributed by atoms with E-state index in [1.807, 2.05) is 0 Å². The van der Waals surface area contributed by atoms with Gasteiger partial charge < -0.3 is 4.74 Å². The van der Waals surface area contributed by atoms with Crippen molar-refractivity contribution in [3.05, 3.63) is 23.2 Å². The average Bonchev–Trinajstić information content (AvgIpc) is 2.20. The molecule has 0 aliphatic rings. The van der Waals surface area contributed by atoms with Gasteiger partial charge in [0.05, 0.1) is 17.8 Å². The maximum Gasteiger partial charge on any atom is 0.301 e. The number of nitrogens with zero attached hydrogens (tertiary/aromatic N) is 1. The molecule has 0 saturated carbocycles. The van der Waals surface area contributed by atoms with Crippen LogP contribution in [0, 0.1) is 0 Å². The lowest BCUT2D eigenvalue weighted by Gasteiger charge is -2.14. The van der Waals surface area contributed by atoms with Crippen LogP contribution < -0.4 is 9.46 Å². The molecule has 1 rings (SSSR count). The molecule has 0 fully saturated rings. The summed E-state index contributed by atoms with van der Waals surface area (Å²) in [5, 5.41) is 0.282. The summed E-state index contributed by atoms with van der Waals surface area (Å²) in [7, 11) is 0.835. The van der Waals surface area contributed by atoms with Crippen LogP contribution in [-0.2, 0) is 10.2 Å². The van der Waals surface area contributed by atoms with E-state index in [2.05, 4.69) is 4.72 Å². The summed E-state index contributed by atoms with van der Waals surface area (Å²) in [6.45, 7) is 0. The molecule has 0 amide bonds. The second kappa shape index (κ2) is 4.90. The third-order valence-corrected chi connectivity index (χ3v) is 3.65. The fourth-order valence-corrected chi connectivity index (χ4v) is 1.85. The van der Waals surface area contributed by atoms with E-state index in [0.29, 0.717) is 11.4 Å². The maximum absolute atomic E-state index is 11.5. The number of ether oxygens (including phenoxy) is 1. The van der Waals surface area contributed by atoms with E-state index in [4.69, 9.17) is 16.3 Å². The Kier molecular flexibility index (Phi) is 4.01. The molecule has 0 atom stereocenters. The van der Waals surface area contributed by atoms with E-state index in [9.17, 15) is 8.42 Å². The highest BCUT2D eigenvalue weighted by molar-refractivity contribution is 7.90. The third-order valence-electron chi connectivity index (χ3n) is 1.90. The SMILES string of the molecule is COc1ccc(NS(=O)(=O)N(C)C)c(Cl)c1. The number of hydrogen-bond donors (Lipinski definition) is 1. The van der Waals surface area contributed by atoms with Gasteiger partial charge in [0.2, 0.25) is 0 Å². The van der Waals surface area contributed by atoms with Crippen molar-refractivity contribution in [2.24, 2.45) is 0 Å². The first kappa shape index (κ1) is 13.1. The summed E-state index contributed by atoms with van der Waals surface area (Å²) in [5.74, 6) is 0.567. The number of rotatable bonds is 4. The Labute approximate surface area is 100 Å². The van der Waals surface area contributed by atoms with Crippen LogP contribution in [0.5, 0.6) is 5.75 Å². The number of hydrogen-bond acceptors (Lipinski definition) is 3. The Balaban J connectivity index is 2.99. The van der Waals surface area contributed by atoms with Gasteiger partial charge in [-0.05, 0) is 12.1 Å². The molecular weight excluding hydrogens is 252 g/mol. The monoisotopic (exact) mass is 264 g/mol. The summed E-state index contributed by atoms with van der Waals surface area (Å²) < 4.78 is 31.4. The van der Waals surface area contributed by atoms with Crippen LogP contribution in [0.15, 0.2) is 18.2 Å². The molecule has 0 bridgehead atoms. The standard InChI is InChI=1S/C9H13ClN2O3S/c1-12(2)16(13,14)11-9-5-4-7(15-3)6-8(9)10/h4-6,11H,1-3H3. The van der Waals surface area contributed by atoms with E-state index in [1.54, 1.807) is 12.1 Å². The Morgan fingerprint density at radius 3 is 2.44 bits per heavy atom. The van der Waals surface area contributed by atoms with E-state index >= 15 is 0 Å². The molecule has 0 spiro atoms. The largest absolute Gasteiger partial charge is 0.497 e. The molecule has 1 N–H and O–H groups in total. The minimum absolute atomic E-state index is 0.282. The number of anilines is 1. The molecule has 0 heterocycles. The molecule has 0 aliphatic heterocycles. The van der Waals surface area contributed by atoms with Crippen LogP contribution in [0.4, 0.5) is 5.69 Å². The van der Waals surface area contributed by atoms with E-state index in [0.717, 1.165) is 4.31 Å². The quantitative estimate of drug-likeness (QED) is 0.898. The molecule has 1 aromatic carbocycles. The third kappa shape index (κ3) is 3.01. The van der Waals surface area contributed by atoms with Gasteiger partial charge >= 0.3 is 10.2 Å². The van der Waals surface area contributed by atoms with Crippen molar-refractivity contribution < 1.29 is 13.2 Å². The molecule has 1 aromatic rings. The van der Waals surface area contributed by atoms with Gasteiger partial charge in [0.25, 0.3) is 0 Å². The molecule has 0 saturated heterocycles. The number of benzene rings is 1. The summed E-state index contributed by atoms with van der Waals surface area (Å²) in [5.41, 5.74) is 0.316. The van der Waals surface area contributed by atoms with Gasteiger partial charge in [0.15, 0.2) is 0 Å². The number of nitrogens with one attached hydrogen (secondary N) is 1. The van der Waals surface area contributed by atoms with Gasteiger partial charge in [0, 0.05) is 20.2 Å². The minimum Gasteiger partial charge on any atom is -0.497 e. The van der Waals surface area contributed by atoms with Gasteiger partial charge in [-0.25, -0.2) is 0 Å². The zero-order valence-electron chi connectivity index (χ0n) is 9.19. The first-order valence-electron chi connectivity index (χ1n) is 4.40. The lowest BCUT2D eigenvalue weighted by Crippen LogP contribution is -2.29. The lowest BCUT2D eigenvalue weighted by atomic mass is 10.3. The van der Waals surface area contributed by atoms with Gasteiger partial charge in [-0.15, -0.1) is 0 Å². The first-order valence-corrected chi connectivity index (χ1v) is 6.22. The van der Waals surface area contributed by atoms with Crippen molar-refractivity contribution in [2.75, 3.05) is 25.9 Å². The molecule has 16 heavy (non-hydrogen) atoms. The van der Waals surface area contributed by atoms with Gasteiger partial charge in [-0.3, -0.25) is 4.72 Å². The molecule has 90 valence electrons. The number of methoxy groups -OCH3 is 1. The summed E-state index contributed by atoms with van der Waals surface area (Å²) in [4.78, 5) is 0. The second-order valence-corrected chi connectivity index (χ2v) is 5.53. The van der Waals surface area contributed by atoms with Gasteiger partial charge in [-0.2, -0.15) is 12.7 Å². The fourth-order valence-electron chi connectivity index (χ4n) is 0.936. The molecule has 7 heteroatoms. The fraction of sp³-hybridized carbons (Fsp3) is 0.333. The molecule has 0 aromatic heterocycles. The predicted octanol–water partition coefficient (Wildman–Crippen LogP) is 1.57. The highest BCUT2D eigenvalue weighted by Gasteiger charge is 2.14. The predicted molar refractivity (Wildman–Crippen MR) is 64.2 cm³/mol. The highest BCUT2D eigenvalue weighted by atomic mass is 35.5. The maximum atomic E-state index is 11.5. The van der Waals surface area contributed by atoms with Crippen molar-refractivity contribution in [3.63, 3.8) is 0 Å². The van der Waals surface area contributed by atoms with Crippen LogP contribution in [0.25, 0.3) is 0 Å². The average molecular weight is 265 g/mol. The highest BCUT2D eigenvalue weighted by Crippen LogP contribution is 2.27. The van der Waals surface area contributed by atoms with Crippen molar-refractivity contribution in [1.82, 2.24) is 4.31 Å². The smallest absolute Gasteiger partial charge is 0.301 e. The zero-order chi connectivity index (χ0) is 12.3. The van der Waals surface area contributed by atoms with Crippen LogP contribution in [0.1, 0.15) is 0 Å². The van der Waals surface area contributed by atoms with Gasteiger partial charge in [0.1, 0.15) is 5.75 Å². The molecular formula is C9H13ClN2O3S. The Hall–Kier alpha value is -0.980. The molecule has 0 unspecified atom stereocenters. The van der Waals surface area contributed by atoms with Crippen molar-refractivity contribution in [3.8, 4) is 5.75 Å². The van der Waals surface area contributed by atoms with Crippen molar-refractivity contribution in [2.45, 2.75) is 0 Å². The van der Waals surface area contributed by atoms with Gasteiger partial charge in [-0.1, -0.05) is 11.6 Å². The zero-order valence-corrected chi connectivity index (χ0v) is 10.8. The van der Waals surface area contributed by atoms with Crippen molar-refractivity contribution >= 4 is 27.5 Å². The van der Waals surface area contributed by atoms with Crippen LogP contribution >= 0.6 is 11.6 Å². The Morgan fingerprint density at radius 1 is 1.38 bits per heavy atom. The topological polar surface area (TPSA) is 58.6 Å². The Bertz CT molecular complexity index is 474. The summed E-state index contributed by atoms with van der Waals surface area (Å²) >= 11 is 5.89. The lowest BCUT2D eigenvalue weighted by molar-refractivity contribution is 0.415. The first-order chi connectivity index (χ1) is 7.36. The van der Waals surface area contributed by atoms with Crippen LogP contribution in [-0.4, -0.2) is 33.9 Å². The minimum atomic E-state index is -3.54. The summed E-state index contributed by atoms with van der Waals surface area (Å²) in [6, 6.07) is 4.71. The van der Waals surface area contributed by atoms with E-state index in [-0.39, 0.29) is 5.02 Å². The van der Waals surface area contributed by atoms with Crippen LogP contribution in [0.2, 0.25) is 5.02 Å². The Morgan fingerprint density at radius 2 is 2.00 bits per heavy atom.